The van der Waals surface area contributed by atoms with Crippen molar-refractivity contribution in [2.45, 2.75) is 27.2 Å². The molecular formula is C14H20N2O2. The molecule has 0 saturated carbocycles. The monoisotopic (exact) mass is 248 g/mol. The van der Waals surface area contributed by atoms with Gasteiger partial charge in [-0.2, -0.15) is 0 Å². The maximum atomic E-state index is 11.7. The van der Waals surface area contributed by atoms with E-state index in [4.69, 9.17) is 0 Å². The van der Waals surface area contributed by atoms with Crippen LogP contribution in [0.2, 0.25) is 0 Å². The number of carbonyl (C=O) groups is 2. The number of amides is 2. The lowest BCUT2D eigenvalue weighted by molar-refractivity contribution is -0.134. The highest BCUT2D eigenvalue weighted by Crippen LogP contribution is 2.10. The standard InChI is InChI=1S/C14H20N2O2/c1-4-16(5-2)14(18)10-13(17)15-12-8-6-7-11(3)9-12/h6-9H,4-5,10H2,1-3H3,(H,15,17). The van der Waals surface area contributed by atoms with Gasteiger partial charge in [-0.3, -0.25) is 9.59 Å². The van der Waals surface area contributed by atoms with E-state index in [1.54, 1.807) is 4.90 Å². The van der Waals surface area contributed by atoms with Crippen LogP contribution in [0.5, 0.6) is 0 Å². The Morgan fingerprint density at radius 2 is 1.89 bits per heavy atom. The Kier molecular flexibility index (Phi) is 5.36. The van der Waals surface area contributed by atoms with Crippen molar-refractivity contribution in [2.75, 3.05) is 18.4 Å². The van der Waals surface area contributed by atoms with Crippen LogP contribution in [0.4, 0.5) is 5.69 Å². The highest BCUT2D eigenvalue weighted by Gasteiger charge is 2.14. The van der Waals surface area contributed by atoms with Crippen LogP contribution in [0, 0.1) is 6.92 Å². The number of hydrogen-bond donors (Lipinski definition) is 1. The van der Waals surface area contributed by atoms with Gasteiger partial charge in [0.2, 0.25) is 11.8 Å². The molecule has 0 aliphatic heterocycles. The molecule has 0 unspecified atom stereocenters. The van der Waals surface area contributed by atoms with Gasteiger partial charge in [0.1, 0.15) is 6.42 Å². The van der Waals surface area contributed by atoms with Crippen LogP contribution in [0.1, 0.15) is 25.8 Å². The molecule has 1 aromatic rings. The van der Waals surface area contributed by atoms with Crippen LogP contribution in [0.25, 0.3) is 0 Å². The molecule has 4 heteroatoms. The van der Waals surface area contributed by atoms with Gasteiger partial charge in [0.15, 0.2) is 0 Å². The summed E-state index contributed by atoms with van der Waals surface area (Å²) in [5.74, 6) is -0.400. The first-order chi connectivity index (χ1) is 8.56. The molecule has 1 N–H and O–H groups in total. The molecule has 0 spiro atoms. The van der Waals surface area contributed by atoms with Crippen molar-refractivity contribution in [2.24, 2.45) is 0 Å². The summed E-state index contributed by atoms with van der Waals surface area (Å²) in [6.07, 6.45) is -0.102. The second-order valence-corrected chi connectivity index (χ2v) is 4.16. The van der Waals surface area contributed by atoms with Crippen LogP contribution in [0.3, 0.4) is 0 Å². The molecule has 0 heterocycles. The van der Waals surface area contributed by atoms with Crippen LogP contribution in [-0.2, 0) is 9.59 Å². The maximum absolute atomic E-state index is 11.7. The summed E-state index contributed by atoms with van der Waals surface area (Å²) in [4.78, 5) is 25.1. The summed E-state index contributed by atoms with van der Waals surface area (Å²) in [5, 5.41) is 2.73. The molecule has 1 rings (SSSR count). The van der Waals surface area contributed by atoms with Gasteiger partial charge in [-0.1, -0.05) is 12.1 Å². The third-order valence-electron chi connectivity index (χ3n) is 2.73. The van der Waals surface area contributed by atoms with E-state index in [-0.39, 0.29) is 18.2 Å². The lowest BCUT2D eigenvalue weighted by atomic mass is 10.2. The zero-order valence-electron chi connectivity index (χ0n) is 11.2. The molecule has 0 radical (unpaired) electrons. The molecule has 98 valence electrons. The van der Waals surface area contributed by atoms with Gasteiger partial charge < -0.3 is 10.2 Å². The van der Waals surface area contributed by atoms with Gasteiger partial charge in [0.25, 0.3) is 0 Å². The third-order valence-corrected chi connectivity index (χ3v) is 2.73. The van der Waals surface area contributed by atoms with E-state index in [1.165, 1.54) is 0 Å². The Labute approximate surface area is 108 Å². The zero-order valence-corrected chi connectivity index (χ0v) is 11.2. The van der Waals surface area contributed by atoms with Gasteiger partial charge in [-0.05, 0) is 38.5 Å². The number of rotatable bonds is 5. The minimum absolute atomic E-state index is 0.102. The largest absolute Gasteiger partial charge is 0.343 e. The Bertz CT molecular complexity index is 426. The first kappa shape index (κ1) is 14.2. The fraction of sp³-hybridized carbons (Fsp3) is 0.429. The molecule has 0 bridgehead atoms. The van der Waals surface area contributed by atoms with Crippen molar-refractivity contribution in [1.82, 2.24) is 4.90 Å². The van der Waals surface area contributed by atoms with Crippen LogP contribution in [0.15, 0.2) is 24.3 Å². The predicted octanol–water partition coefficient (Wildman–Crippen LogP) is 2.19. The Morgan fingerprint density at radius 1 is 1.22 bits per heavy atom. The number of benzene rings is 1. The summed E-state index contributed by atoms with van der Waals surface area (Å²) < 4.78 is 0. The number of carbonyl (C=O) groups excluding carboxylic acids is 2. The van der Waals surface area contributed by atoms with Crippen LogP contribution < -0.4 is 5.32 Å². The predicted molar refractivity (Wildman–Crippen MR) is 72.4 cm³/mol. The number of nitrogens with zero attached hydrogens (tertiary/aromatic N) is 1. The average molecular weight is 248 g/mol. The second kappa shape index (κ2) is 6.79. The van der Waals surface area contributed by atoms with Gasteiger partial charge >= 0.3 is 0 Å². The average Bonchev–Trinajstić information content (AvgIpc) is 2.30. The molecule has 0 aliphatic rings. The molecule has 1 aromatic carbocycles. The van der Waals surface area contributed by atoms with E-state index in [0.717, 1.165) is 11.3 Å². The molecule has 0 saturated heterocycles. The summed E-state index contributed by atoms with van der Waals surface area (Å²) >= 11 is 0. The maximum Gasteiger partial charge on any atom is 0.233 e. The van der Waals surface area contributed by atoms with Crippen molar-refractivity contribution in [3.05, 3.63) is 29.8 Å². The van der Waals surface area contributed by atoms with E-state index >= 15 is 0 Å². The van der Waals surface area contributed by atoms with Crippen molar-refractivity contribution >= 4 is 17.5 Å². The smallest absolute Gasteiger partial charge is 0.233 e. The van der Waals surface area contributed by atoms with Crippen LogP contribution >= 0.6 is 0 Å². The molecule has 18 heavy (non-hydrogen) atoms. The summed E-state index contributed by atoms with van der Waals surface area (Å²) in [7, 11) is 0. The topological polar surface area (TPSA) is 49.4 Å². The first-order valence-electron chi connectivity index (χ1n) is 6.21. The van der Waals surface area contributed by atoms with Crippen molar-refractivity contribution in [3.8, 4) is 0 Å². The summed E-state index contributed by atoms with van der Waals surface area (Å²) in [5.41, 5.74) is 1.80. The van der Waals surface area contributed by atoms with Gasteiger partial charge in [-0.15, -0.1) is 0 Å². The highest BCUT2D eigenvalue weighted by molar-refractivity contribution is 6.03. The summed E-state index contributed by atoms with van der Waals surface area (Å²) in [6.45, 7) is 7.02. The fourth-order valence-corrected chi connectivity index (χ4v) is 1.75. The molecule has 0 aliphatic carbocycles. The number of aryl methyl sites for hydroxylation is 1. The van der Waals surface area contributed by atoms with Gasteiger partial charge in [-0.25, -0.2) is 0 Å². The van der Waals surface area contributed by atoms with Crippen molar-refractivity contribution < 1.29 is 9.59 Å². The third kappa shape index (κ3) is 4.20. The molecule has 0 fully saturated rings. The Morgan fingerprint density at radius 3 is 2.44 bits per heavy atom. The Balaban J connectivity index is 2.54. The SMILES string of the molecule is CCN(CC)C(=O)CC(=O)Nc1cccc(C)c1. The van der Waals surface area contributed by atoms with E-state index in [2.05, 4.69) is 5.32 Å². The molecule has 0 aromatic heterocycles. The fourth-order valence-electron chi connectivity index (χ4n) is 1.75. The Hall–Kier alpha value is -1.84. The number of nitrogens with one attached hydrogen (secondary N) is 1. The molecule has 0 atom stereocenters. The minimum atomic E-state index is -0.266. The number of hydrogen-bond acceptors (Lipinski definition) is 2. The van der Waals surface area contributed by atoms with E-state index in [0.29, 0.717) is 13.1 Å². The lowest BCUT2D eigenvalue weighted by Crippen LogP contribution is -2.33. The van der Waals surface area contributed by atoms with E-state index < -0.39 is 0 Å². The second-order valence-electron chi connectivity index (χ2n) is 4.16. The highest BCUT2D eigenvalue weighted by atomic mass is 16.2. The first-order valence-corrected chi connectivity index (χ1v) is 6.21. The zero-order chi connectivity index (χ0) is 13.5. The van der Waals surface area contributed by atoms with E-state index in [1.807, 2.05) is 45.0 Å². The quantitative estimate of drug-likeness (QED) is 0.812. The minimum Gasteiger partial charge on any atom is -0.343 e. The van der Waals surface area contributed by atoms with Crippen molar-refractivity contribution in [3.63, 3.8) is 0 Å². The molecule has 4 nitrogen and oxygen atoms in total. The van der Waals surface area contributed by atoms with Crippen molar-refractivity contribution in [1.29, 1.82) is 0 Å². The number of anilines is 1. The normalized spacial score (nSPS) is 9.94. The van der Waals surface area contributed by atoms with Gasteiger partial charge in [0.05, 0.1) is 0 Å². The van der Waals surface area contributed by atoms with Gasteiger partial charge in [0, 0.05) is 18.8 Å². The molecular weight excluding hydrogens is 228 g/mol. The molecule has 2 amide bonds. The lowest BCUT2D eigenvalue weighted by Gasteiger charge is -2.18. The summed E-state index contributed by atoms with van der Waals surface area (Å²) in [6, 6.07) is 7.51. The van der Waals surface area contributed by atoms with Crippen LogP contribution in [-0.4, -0.2) is 29.8 Å². The van der Waals surface area contributed by atoms with E-state index in [9.17, 15) is 9.59 Å².